The first kappa shape index (κ1) is 10.7. The summed E-state index contributed by atoms with van der Waals surface area (Å²) in [5, 5.41) is 3.79. The maximum atomic E-state index is 5.56. The Morgan fingerprint density at radius 2 is 2.25 bits per heavy atom. The van der Waals surface area contributed by atoms with Gasteiger partial charge in [0.25, 0.3) is 0 Å². The lowest BCUT2D eigenvalue weighted by Gasteiger charge is -2.04. The fourth-order valence-electron chi connectivity index (χ4n) is 1.40. The third-order valence-corrected chi connectivity index (χ3v) is 2.19. The number of hydrogen-bond acceptors (Lipinski definition) is 4. The molecule has 1 aromatic heterocycles. The third-order valence-electron chi connectivity index (χ3n) is 2.19. The minimum Gasteiger partial charge on any atom is -0.486 e. The molecular formula is C12H14N2O2. The number of nitrogens with two attached hydrogens (primary N) is 1. The molecule has 0 spiro atoms. The summed E-state index contributed by atoms with van der Waals surface area (Å²) in [6.07, 6.45) is 0. The second-order valence-electron chi connectivity index (χ2n) is 3.57. The number of rotatable bonds is 4. The predicted molar refractivity (Wildman–Crippen MR) is 59.9 cm³/mol. The first-order valence-electron chi connectivity index (χ1n) is 5.12. The van der Waals surface area contributed by atoms with Crippen LogP contribution in [0.5, 0.6) is 5.75 Å². The Labute approximate surface area is 94.0 Å². The second kappa shape index (κ2) is 4.81. The van der Waals surface area contributed by atoms with Gasteiger partial charge in [-0.2, -0.15) is 0 Å². The van der Waals surface area contributed by atoms with E-state index in [1.807, 2.05) is 37.3 Å². The van der Waals surface area contributed by atoms with Gasteiger partial charge in [-0.1, -0.05) is 17.3 Å². The lowest BCUT2D eigenvalue weighted by Crippen LogP contribution is -1.98. The van der Waals surface area contributed by atoms with Crippen LogP contribution < -0.4 is 10.5 Å². The summed E-state index contributed by atoms with van der Waals surface area (Å²) in [7, 11) is 0. The van der Waals surface area contributed by atoms with Gasteiger partial charge in [0, 0.05) is 12.6 Å². The summed E-state index contributed by atoms with van der Waals surface area (Å²) in [5.41, 5.74) is 7.45. The van der Waals surface area contributed by atoms with Gasteiger partial charge in [-0.3, -0.25) is 0 Å². The van der Waals surface area contributed by atoms with E-state index < -0.39 is 0 Å². The molecule has 0 fully saturated rings. The van der Waals surface area contributed by atoms with Crippen LogP contribution in [0.2, 0.25) is 0 Å². The molecule has 0 atom stereocenters. The maximum absolute atomic E-state index is 5.56. The van der Waals surface area contributed by atoms with Crippen molar-refractivity contribution in [3.05, 3.63) is 47.3 Å². The molecule has 0 saturated heterocycles. The average molecular weight is 218 g/mol. The third kappa shape index (κ3) is 2.61. The molecule has 0 amide bonds. The number of ether oxygens (including phenoxy) is 1. The molecule has 0 saturated carbocycles. The van der Waals surface area contributed by atoms with E-state index in [0.717, 1.165) is 22.8 Å². The van der Waals surface area contributed by atoms with E-state index in [1.165, 1.54) is 0 Å². The molecule has 2 rings (SSSR count). The summed E-state index contributed by atoms with van der Waals surface area (Å²) >= 11 is 0. The SMILES string of the molecule is Cc1cc(COc2cccc(CN)c2)on1. The standard InChI is InChI=1S/C12H14N2O2/c1-9-5-12(16-14-9)8-15-11-4-2-3-10(6-11)7-13/h2-6H,7-8,13H2,1H3. The quantitative estimate of drug-likeness (QED) is 0.852. The zero-order chi connectivity index (χ0) is 11.4. The van der Waals surface area contributed by atoms with Gasteiger partial charge in [-0.25, -0.2) is 0 Å². The van der Waals surface area contributed by atoms with Crippen molar-refractivity contribution in [2.75, 3.05) is 0 Å². The van der Waals surface area contributed by atoms with Gasteiger partial charge in [0.2, 0.25) is 0 Å². The molecule has 0 unspecified atom stereocenters. The van der Waals surface area contributed by atoms with E-state index >= 15 is 0 Å². The largest absolute Gasteiger partial charge is 0.486 e. The predicted octanol–water partition coefficient (Wildman–Crippen LogP) is 2.02. The number of nitrogens with zero attached hydrogens (tertiary/aromatic N) is 1. The van der Waals surface area contributed by atoms with Gasteiger partial charge < -0.3 is 15.0 Å². The van der Waals surface area contributed by atoms with Crippen molar-refractivity contribution in [2.24, 2.45) is 5.73 Å². The molecule has 1 aromatic carbocycles. The number of hydrogen-bond donors (Lipinski definition) is 1. The monoisotopic (exact) mass is 218 g/mol. The Balaban J connectivity index is 1.99. The topological polar surface area (TPSA) is 61.3 Å². The van der Waals surface area contributed by atoms with Crippen molar-refractivity contribution in [3.8, 4) is 5.75 Å². The Bertz CT molecular complexity index is 466. The summed E-state index contributed by atoms with van der Waals surface area (Å²) in [6, 6.07) is 9.55. The lowest BCUT2D eigenvalue weighted by molar-refractivity contribution is 0.248. The highest BCUT2D eigenvalue weighted by atomic mass is 16.5. The molecule has 84 valence electrons. The van der Waals surface area contributed by atoms with E-state index in [4.69, 9.17) is 15.0 Å². The van der Waals surface area contributed by atoms with E-state index in [2.05, 4.69) is 5.16 Å². The Hall–Kier alpha value is -1.81. The number of aryl methyl sites for hydroxylation is 1. The molecule has 0 radical (unpaired) electrons. The van der Waals surface area contributed by atoms with Gasteiger partial charge in [-0.15, -0.1) is 0 Å². The van der Waals surface area contributed by atoms with Crippen LogP contribution in [-0.2, 0) is 13.2 Å². The van der Waals surface area contributed by atoms with Crippen LogP contribution >= 0.6 is 0 Å². The molecular weight excluding hydrogens is 204 g/mol. The maximum Gasteiger partial charge on any atom is 0.174 e. The van der Waals surface area contributed by atoms with Gasteiger partial charge in [-0.05, 0) is 24.6 Å². The number of aromatic nitrogens is 1. The van der Waals surface area contributed by atoms with E-state index in [-0.39, 0.29) is 0 Å². The molecule has 0 aliphatic rings. The Morgan fingerprint density at radius 1 is 1.38 bits per heavy atom. The fraction of sp³-hybridized carbons (Fsp3) is 0.250. The van der Waals surface area contributed by atoms with Crippen LogP contribution in [0.15, 0.2) is 34.9 Å². The molecule has 2 aromatic rings. The molecule has 0 bridgehead atoms. The average Bonchev–Trinajstić information content (AvgIpc) is 2.73. The molecule has 0 aliphatic carbocycles. The second-order valence-corrected chi connectivity index (χ2v) is 3.57. The molecule has 0 aliphatic heterocycles. The smallest absolute Gasteiger partial charge is 0.174 e. The van der Waals surface area contributed by atoms with E-state index in [1.54, 1.807) is 0 Å². The van der Waals surface area contributed by atoms with Crippen molar-refractivity contribution >= 4 is 0 Å². The highest BCUT2D eigenvalue weighted by Gasteiger charge is 2.02. The van der Waals surface area contributed by atoms with Crippen molar-refractivity contribution in [3.63, 3.8) is 0 Å². The fourth-order valence-corrected chi connectivity index (χ4v) is 1.40. The molecule has 1 heterocycles. The zero-order valence-electron chi connectivity index (χ0n) is 9.14. The van der Waals surface area contributed by atoms with E-state index in [0.29, 0.717) is 13.2 Å². The van der Waals surface area contributed by atoms with Crippen LogP contribution in [0.25, 0.3) is 0 Å². The van der Waals surface area contributed by atoms with E-state index in [9.17, 15) is 0 Å². The first-order valence-corrected chi connectivity index (χ1v) is 5.12. The van der Waals surface area contributed by atoms with Crippen LogP contribution in [-0.4, -0.2) is 5.16 Å². The minimum absolute atomic E-state index is 0.384. The van der Waals surface area contributed by atoms with Crippen molar-refractivity contribution in [1.29, 1.82) is 0 Å². The summed E-state index contributed by atoms with van der Waals surface area (Å²) in [4.78, 5) is 0. The lowest BCUT2D eigenvalue weighted by atomic mass is 10.2. The normalized spacial score (nSPS) is 10.4. The van der Waals surface area contributed by atoms with Gasteiger partial charge in [0.05, 0.1) is 5.69 Å². The van der Waals surface area contributed by atoms with Crippen LogP contribution in [0, 0.1) is 6.92 Å². The number of benzene rings is 1. The van der Waals surface area contributed by atoms with Crippen LogP contribution in [0.1, 0.15) is 17.0 Å². The summed E-state index contributed by atoms with van der Waals surface area (Å²) < 4.78 is 10.6. The van der Waals surface area contributed by atoms with Gasteiger partial charge >= 0.3 is 0 Å². The summed E-state index contributed by atoms with van der Waals surface area (Å²) in [6.45, 7) is 2.77. The zero-order valence-corrected chi connectivity index (χ0v) is 9.14. The highest BCUT2D eigenvalue weighted by Crippen LogP contribution is 2.15. The Morgan fingerprint density at radius 3 is 2.94 bits per heavy atom. The minimum atomic E-state index is 0.384. The molecule has 4 heteroatoms. The van der Waals surface area contributed by atoms with Gasteiger partial charge in [0.15, 0.2) is 5.76 Å². The van der Waals surface area contributed by atoms with Crippen molar-refractivity contribution in [1.82, 2.24) is 5.16 Å². The van der Waals surface area contributed by atoms with Gasteiger partial charge in [0.1, 0.15) is 12.4 Å². The molecule has 2 N–H and O–H groups in total. The van der Waals surface area contributed by atoms with Crippen molar-refractivity contribution in [2.45, 2.75) is 20.1 Å². The first-order chi connectivity index (χ1) is 7.78. The summed E-state index contributed by atoms with van der Waals surface area (Å²) in [5.74, 6) is 1.51. The highest BCUT2D eigenvalue weighted by molar-refractivity contribution is 5.28. The Kier molecular flexibility index (Phi) is 3.22. The molecule has 16 heavy (non-hydrogen) atoms. The van der Waals surface area contributed by atoms with Crippen LogP contribution in [0.3, 0.4) is 0 Å². The molecule has 4 nitrogen and oxygen atoms in total. The van der Waals surface area contributed by atoms with Crippen molar-refractivity contribution < 1.29 is 9.26 Å². The van der Waals surface area contributed by atoms with Crippen LogP contribution in [0.4, 0.5) is 0 Å².